The summed E-state index contributed by atoms with van der Waals surface area (Å²) in [6, 6.07) is 5.35. The first kappa shape index (κ1) is 25.5. The summed E-state index contributed by atoms with van der Waals surface area (Å²) in [4.78, 5) is 22.0. The number of carbonyl (C=O) groups is 1. The number of likely N-dealkylation sites (tertiary alicyclic amines) is 1. The lowest BCUT2D eigenvalue weighted by atomic mass is 9.90. The zero-order valence-corrected chi connectivity index (χ0v) is 19.2. The molecule has 2 aromatic heterocycles. The fourth-order valence-electron chi connectivity index (χ4n) is 3.76. The number of nitrogens with one attached hydrogen (secondary N) is 1. The second-order valence-corrected chi connectivity index (χ2v) is 8.09. The molecule has 3 heterocycles. The summed E-state index contributed by atoms with van der Waals surface area (Å²) in [6.07, 6.45) is 7.58. The van der Waals surface area contributed by atoms with Crippen molar-refractivity contribution in [2.24, 2.45) is 0 Å². The van der Waals surface area contributed by atoms with Crippen molar-refractivity contribution >= 4 is 36.0 Å². The highest BCUT2D eigenvalue weighted by atomic mass is 35.5. The number of rotatable bonds is 10. The number of hydrogen-bond donors (Lipinski definition) is 1. The number of carbonyl (C=O) groups excluding carboxylic acids is 1. The van der Waals surface area contributed by atoms with Crippen molar-refractivity contribution in [2.75, 3.05) is 31.5 Å². The van der Waals surface area contributed by atoms with E-state index in [4.69, 9.17) is 16.3 Å². The Morgan fingerprint density at radius 2 is 2.13 bits per heavy atom. The predicted octanol–water partition coefficient (Wildman–Crippen LogP) is 4.11. The Labute approximate surface area is 194 Å². The second-order valence-electron chi connectivity index (χ2n) is 7.69. The summed E-state index contributed by atoms with van der Waals surface area (Å²) in [5, 5.41) is 3.99. The molecule has 1 atom stereocenters. The first-order chi connectivity index (χ1) is 14.5. The summed E-state index contributed by atoms with van der Waals surface area (Å²) >= 11 is 6.21. The van der Waals surface area contributed by atoms with Gasteiger partial charge >= 0.3 is 0 Å². The average Bonchev–Trinajstić information content (AvgIpc) is 2.78. The minimum absolute atomic E-state index is 0. The van der Waals surface area contributed by atoms with Gasteiger partial charge in [0.05, 0.1) is 28.2 Å². The van der Waals surface area contributed by atoms with Crippen LogP contribution in [0.25, 0.3) is 0 Å². The van der Waals surface area contributed by atoms with Crippen LogP contribution in [-0.4, -0.2) is 59.0 Å². The fourth-order valence-corrected chi connectivity index (χ4v) is 3.98. The van der Waals surface area contributed by atoms with Gasteiger partial charge in [-0.25, -0.2) is 4.39 Å². The maximum absolute atomic E-state index is 13.2. The molecule has 0 saturated carbocycles. The van der Waals surface area contributed by atoms with Gasteiger partial charge in [-0.1, -0.05) is 11.6 Å². The third-order valence-corrected chi connectivity index (χ3v) is 5.89. The van der Waals surface area contributed by atoms with Crippen LogP contribution in [0.4, 0.5) is 10.1 Å². The minimum Gasteiger partial charge on any atom is -0.381 e. The van der Waals surface area contributed by atoms with Gasteiger partial charge in [-0.3, -0.25) is 9.97 Å². The maximum atomic E-state index is 13.2. The monoisotopic (exact) mass is 470 g/mol. The van der Waals surface area contributed by atoms with Gasteiger partial charge in [-0.05, 0) is 38.0 Å². The van der Waals surface area contributed by atoms with E-state index in [2.05, 4.69) is 20.2 Å². The largest absolute Gasteiger partial charge is 0.381 e. The highest BCUT2D eigenvalue weighted by Gasteiger charge is 2.37. The Morgan fingerprint density at radius 1 is 1.35 bits per heavy atom. The van der Waals surface area contributed by atoms with Crippen LogP contribution in [0.1, 0.15) is 31.0 Å². The van der Waals surface area contributed by atoms with Gasteiger partial charge in [0, 0.05) is 50.6 Å². The standard InChI is InChI=1S/C22H28ClFN4O2.ClH/c1-17(15-29)30-22(16-27-21-14-25-9-4-18(21)13-24)6-11-28(12-7-22)10-5-20-19(23)3-2-8-26-20;/h2-4,8-9,14-15,17,27H,5-7,10-13,16H2,1H3;1H. The van der Waals surface area contributed by atoms with Gasteiger partial charge < -0.3 is 19.7 Å². The molecule has 1 aliphatic rings. The van der Waals surface area contributed by atoms with E-state index in [1.165, 1.54) is 0 Å². The average molecular weight is 471 g/mol. The molecule has 1 unspecified atom stereocenters. The number of piperidine rings is 1. The van der Waals surface area contributed by atoms with E-state index in [1.807, 2.05) is 12.1 Å². The first-order valence-electron chi connectivity index (χ1n) is 10.2. The number of hydrogen-bond acceptors (Lipinski definition) is 6. The van der Waals surface area contributed by atoms with E-state index in [0.29, 0.717) is 22.8 Å². The summed E-state index contributed by atoms with van der Waals surface area (Å²) < 4.78 is 19.4. The first-order valence-corrected chi connectivity index (χ1v) is 10.6. The number of aldehydes is 1. The van der Waals surface area contributed by atoms with E-state index in [-0.39, 0.29) is 12.4 Å². The zero-order chi connectivity index (χ0) is 21.4. The highest BCUT2D eigenvalue weighted by molar-refractivity contribution is 6.31. The van der Waals surface area contributed by atoms with Crippen LogP contribution in [0, 0.1) is 0 Å². The van der Waals surface area contributed by atoms with E-state index in [0.717, 1.165) is 50.9 Å². The fraction of sp³-hybridized carbons (Fsp3) is 0.500. The molecule has 0 aromatic carbocycles. The number of anilines is 1. The van der Waals surface area contributed by atoms with Gasteiger partial charge in [0.15, 0.2) is 0 Å². The van der Waals surface area contributed by atoms with Crippen LogP contribution >= 0.6 is 24.0 Å². The molecule has 2 aromatic rings. The van der Waals surface area contributed by atoms with Crippen LogP contribution in [0.3, 0.4) is 0 Å². The van der Waals surface area contributed by atoms with Crippen molar-refractivity contribution in [3.8, 4) is 0 Å². The molecule has 0 bridgehead atoms. The molecular formula is C22H29Cl2FN4O2. The third kappa shape index (κ3) is 7.10. The number of alkyl halides is 1. The molecule has 9 heteroatoms. The van der Waals surface area contributed by atoms with Crippen molar-refractivity contribution in [2.45, 2.75) is 44.6 Å². The van der Waals surface area contributed by atoms with Crippen LogP contribution in [0.15, 0.2) is 36.8 Å². The number of pyridine rings is 2. The molecule has 0 amide bonds. The van der Waals surface area contributed by atoms with E-state index < -0.39 is 18.4 Å². The van der Waals surface area contributed by atoms with Crippen molar-refractivity contribution in [1.29, 1.82) is 0 Å². The molecule has 0 aliphatic carbocycles. The van der Waals surface area contributed by atoms with Crippen molar-refractivity contribution < 1.29 is 13.9 Å². The quantitative estimate of drug-likeness (QED) is 0.526. The maximum Gasteiger partial charge on any atom is 0.148 e. The molecule has 1 aliphatic heterocycles. The smallest absolute Gasteiger partial charge is 0.148 e. The molecule has 31 heavy (non-hydrogen) atoms. The minimum atomic E-state index is -0.562. The van der Waals surface area contributed by atoms with Gasteiger partial charge in [-0.2, -0.15) is 0 Å². The highest BCUT2D eigenvalue weighted by Crippen LogP contribution is 2.29. The van der Waals surface area contributed by atoms with E-state index in [9.17, 15) is 9.18 Å². The van der Waals surface area contributed by atoms with E-state index >= 15 is 0 Å². The molecule has 1 fully saturated rings. The predicted molar refractivity (Wildman–Crippen MR) is 123 cm³/mol. The van der Waals surface area contributed by atoms with Crippen molar-refractivity contribution in [3.05, 3.63) is 53.1 Å². The number of halogens is 3. The summed E-state index contributed by atoms with van der Waals surface area (Å²) in [7, 11) is 0. The molecule has 1 N–H and O–H groups in total. The number of nitrogens with zero attached hydrogens (tertiary/aromatic N) is 3. The lowest BCUT2D eigenvalue weighted by Crippen LogP contribution is -2.51. The Balaban J connectivity index is 0.00000341. The summed E-state index contributed by atoms with van der Waals surface area (Å²) in [5.41, 5.74) is 1.63. The Hall–Kier alpha value is -1.80. The topological polar surface area (TPSA) is 67.3 Å². The molecular weight excluding hydrogens is 442 g/mol. The summed E-state index contributed by atoms with van der Waals surface area (Å²) in [6.45, 7) is 4.21. The van der Waals surface area contributed by atoms with Gasteiger partial charge in [-0.15, -0.1) is 12.4 Å². The van der Waals surface area contributed by atoms with Crippen LogP contribution in [0.2, 0.25) is 5.02 Å². The number of ether oxygens (including phenoxy) is 1. The second kappa shape index (κ2) is 12.3. The van der Waals surface area contributed by atoms with Crippen LogP contribution in [-0.2, 0) is 22.6 Å². The number of aromatic nitrogens is 2. The Bertz CT molecular complexity index is 835. The SMILES string of the molecule is CC(C=O)OC1(CNc2cnccc2CF)CCN(CCc2ncccc2Cl)CC1.Cl. The molecule has 3 rings (SSSR count). The van der Waals surface area contributed by atoms with Gasteiger partial charge in [0.1, 0.15) is 19.1 Å². The normalized spacial score (nSPS) is 16.9. The van der Waals surface area contributed by atoms with Gasteiger partial charge in [0.2, 0.25) is 0 Å². The summed E-state index contributed by atoms with van der Waals surface area (Å²) in [5.74, 6) is 0. The third-order valence-electron chi connectivity index (χ3n) is 5.55. The lowest BCUT2D eigenvalue weighted by molar-refractivity contribution is -0.137. The lowest BCUT2D eigenvalue weighted by Gasteiger charge is -2.43. The van der Waals surface area contributed by atoms with Crippen molar-refractivity contribution in [3.63, 3.8) is 0 Å². The molecule has 0 radical (unpaired) electrons. The van der Waals surface area contributed by atoms with Crippen LogP contribution < -0.4 is 5.32 Å². The molecule has 170 valence electrons. The van der Waals surface area contributed by atoms with Crippen molar-refractivity contribution in [1.82, 2.24) is 14.9 Å². The Morgan fingerprint density at radius 3 is 2.81 bits per heavy atom. The van der Waals surface area contributed by atoms with E-state index in [1.54, 1.807) is 31.6 Å². The van der Waals surface area contributed by atoms with Crippen LogP contribution in [0.5, 0.6) is 0 Å². The molecule has 0 spiro atoms. The molecule has 6 nitrogen and oxygen atoms in total. The Kier molecular flexibility index (Phi) is 10.1. The van der Waals surface area contributed by atoms with Gasteiger partial charge in [0.25, 0.3) is 0 Å². The zero-order valence-electron chi connectivity index (χ0n) is 17.6. The molecule has 1 saturated heterocycles.